The molecule has 0 radical (unpaired) electrons. The second-order valence-corrected chi connectivity index (χ2v) is 7.65. The summed E-state index contributed by atoms with van der Waals surface area (Å²) in [6.07, 6.45) is 3.39. The zero-order valence-electron chi connectivity index (χ0n) is 17.0. The van der Waals surface area contributed by atoms with Crippen molar-refractivity contribution in [1.29, 1.82) is 0 Å². The summed E-state index contributed by atoms with van der Waals surface area (Å²) in [5, 5.41) is 24.3. The van der Waals surface area contributed by atoms with Gasteiger partial charge in [0.2, 0.25) is 17.8 Å². The molecule has 0 atom stereocenters. The highest BCUT2D eigenvalue weighted by molar-refractivity contribution is 7.86. The molecule has 0 aliphatic carbocycles. The van der Waals surface area contributed by atoms with Crippen molar-refractivity contribution < 1.29 is 22.8 Å². The molecule has 0 unspecified atom stereocenters. The maximum Gasteiger partial charge on any atom is 0.297 e. The van der Waals surface area contributed by atoms with Gasteiger partial charge in [0.05, 0.1) is 20.3 Å². The molecule has 0 aliphatic heterocycles. The third kappa shape index (κ3) is 5.86. The fourth-order valence-electron chi connectivity index (χ4n) is 2.59. The predicted molar refractivity (Wildman–Crippen MR) is 114 cm³/mol. The minimum absolute atomic E-state index is 0.00147. The van der Waals surface area contributed by atoms with Crippen molar-refractivity contribution in [2.75, 3.05) is 56.0 Å². The third-order valence-electron chi connectivity index (χ3n) is 3.97. The fraction of sp³-hybridized carbons (Fsp3) is 0.389. The second-order valence-electron chi connectivity index (χ2n) is 5.97. The lowest BCUT2D eigenvalue weighted by Crippen LogP contribution is -2.31. The first-order chi connectivity index (χ1) is 14.4. The Morgan fingerprint density at radius 2 is 1.80 bits per heavy atom. The van der Waals surface area contributed by atoms with Gasteiger partial charge in [0.25, 0.3) is 10.1 Å². The Labute approximate surface area is 175 Å². The van der Waals surface area contributed by atoms with E-state index in [-0.39, 0.29) is 49.0 Å². The van der Waals surface area contributed by atoms with Crippen LogP contribution in [0.25, 0.3) is 6.08 Å². The van der Waals surface area contributed by atoms with Gasteiger partial charge in [0, 0.05) is 25.8 Å². The van der Waals surface area contributed by atoms with Crippen molar-refractivity contribution in [2.45, 2.75) is 11.8 Å². The van der Waals surface area contributed by atoms with Gasteiger partial charge in [-0.2, -0.15) is 23.4 Å². The third-order valence-corrected chi connectivity index (χ3v) is 5.31. The van der Waals surface area contributed by atoms with Crippen LogP contribution in [0.1, 0.15) is 12.5 Å². The molecule has 2 aromatic rings. The first kappa shape index (κ1) is 23.5. The molecule has 0 saturated heterocycles. The highest BCUT2D eigenvalue weighted by Gasteiger charge is 2.19. The number of hydrogen-bond acceptors (Lipinski definition) is 11. The quantitative estimate of drug-likeness (QED) is 0.369. The van der Waals surface area contributed by atoms with Crippen molar-refractivity contribution >= 4 is 39.7 Å². The van der Waals surface area contributed by atoms with E-state index in [2.05, 4.69) is 29.8 Å². The molecule has 1 aromatic heterocycles. The van der Waals surface area contributed by atoms with Crippen molar-refractivity contribution in [3.05, 3.63) is 29.8 Å². The summed E-state index contributed by atoms with van der Waals surface area (Å²) in [5.74, 6) is 0.665. The summed E-state index contributed by atoms with van der Waals surface area (Å²) in [6, 6.07) is 4.75. The summed E-state index contributed by atoms with van der Waals surface area (Å²) in [4.78, 5) is 14.4. The molecule has 0 saturated carbocycles. The second kappa shape index (κ2) is 10.8. The molecule has 2 rings (SSSR count). The molecular weight excluding hydrogens is 412 g/mol. The smallest absolute Gasteiger partial charge is 0.297 e. The van der Waals surface area contributed by atoms with Gasteiger partial charge in [-0.05, 0) is 24.6 Å². The van der Waals surface area contributed by atoms with Crippen molar-refractivity contribution in [1.82, 2.24) is 15.0 Å². The van der Waals surface area contributed by atoms with Crippen molar-refractivity contribution in [2.24, 2.45) is 0 Å². The minimum atomic E-state index is -3.94. The number of allylic oxidation sites excluding steroid dienone is 1. The number of anilines is 4. The fourth-order valence-corrected chi connectivity index (χ4v) is 3.47. The maximum absolute atomic E-state index is 12.3. The standard InChI is InChI=1S/C18H26N6O5S/c1-4-5-13-6-7-14(12-15(13)30(27,28)29-3)20-17-21-16(19-2)22-18(23-17)24(8-10-25)9-11-26/h4-7,12,25-26H,8-11H2,1-3H3,(H2,19,20,21,22,23). The number of aliphatic hydroxyl groups is 2. The van der Waals surface area contributed by atoms with E-state index in [0.29, 0.717) is 11.3 Å². The van der Waals surface area contributed by atoms with Gasteiger partial charge in [-0.3, -0.25) is 4.18 Å². The number of nitrogens with one attached hydrogen (secondary N) is 2. The molecule has 0 fully saturated rings. The number of nitrogens with zero attached hydrogens (tertiary/aromatic N) is 4. The van der Waals surface area contributed by atoms with Gasteiger partial charge in [0.1, 0.15) is 4.90 Å². The Bertz CT molecular complexity index is 977. The first-order valence-electron chi connectivity index (χ1n) is 9.13. The SMILES string of the molecule is CC=Cc1ccc(Nc2nc(NC)nc(N(CCO)CCO)n2)cc1S(=O)(=O)OC. The molecule has 12 heteroatoms. The molecule has 0 spiro atoms. The van der Waals surface area contributed by atoms with Crippen molar-refractivity contribution in [3.8, 4) is 0 Å². The Morgan fingerprint density at radius 3 is 2.37 bits per heavy atom. The van der Waals surface area contributed by atoms with E-state index < -0.39 is 10.1 Å². The molecule has 0 bridgehead atoms. The number of benzene rings is 1. The number of aromatic nitrogens is 3. The highest BCUT2D eigenvalue weighted by Crippen LogP contribution is 2.25. The van der Waals surface area contributed by atoms with Crippen LogP contribution in [0.5, 0.6) is 0 Å². The van der Waals surface area contributed by atoms with Crippen LogP contribution >= 0.6 is 0 Å². The van der Waals surface area contributed by atoms with Crippen LogP contribution in [-0.4, -0.2) is 74.0 Å². The molecule has 1 heterocycles. The van der Waals surface area contributed by atoms with E-state index in [0.717, 1.165) is 7.11 Å². The lowest BCUT2D eigenvalue weighted by Gasteiger charge is -2.21. The van der Waals surface area contributed by atoms with Crippen LogP contribution in [0, 0.1) is 0 Å². The van der Waals surface area contributed by atoms with Gasteiger partial charge in [-0.15, -0.1) is 0 Å². The molecule has 30 heavy (non-hydrogen) atoms. The normalized spacial score (nSPS) is 11.6. The Hall–Kier alpha value is -2.80. The van der Waals surface area contributed by atoms with Crippen LogP contribution in [-0.2, 0) is 14.3 Å². The molecule has 11 nitrogen and oxygen atoms in total. The topological polar surface area (TPSA) is 150 Å². The van der Waals surface area contributed by atoms with Crippen LogP contribution in [0.3, 0.4) is 0 Å². The van der Waals surface area contributed by atoms with E-state index >= 15 is 0 Å². The van der Waals surface area contributed by atoms with E-state index in [1.54, 1.807) is 43.2 Å². The van der Waals surface area contributed by atoms with Crippen LogP contribution < -0.4 is 15.5 Å². The monoisotopic (exact) mass is 438 g/mol. The van der Waals surface area contributed by atoms with Crippen LogP contribution in [0.4, 0.5) is 23.5 Å². The Morgan fingerprint density at radius 1 is 1.13 bits per heavy atom. The van der Waals surface area contributed by atoms with Gasteiger partial charge >= 0.3 is 0 Å². The molecule has 4 N–H and O–H groups in total. The van der Waals surface area contributed by atoms with Crippen molar-refractivity contribution in [3.63, 3.8) is 0 Å². The largest absolute Gasteiger partial charge is 0.395 e. The van der Waals surface area contributed by atoms with E-state index in [1.165, 1.54) is 6.07 Å². The maximum atomic E-state index is 12.3. The molecule has 1 aromatic carbocycles. The summed E-state index contributed by atoms with van der Waals surface area (Å²) in [7, 11) is -1.20. The van der Waals surface area contributed by atoms with E-state index in [4.69, 9.17) is 0 Å². The van der Waals surface area contributed by atoms with E-state index in [9.17, 15) is 18.6 Å². The summed E-state index contributed by atoms with van der Waals surface area (Å²) in [5.41, 5.74) is 0.906. The van der Waals surface area contributed by atoms with Gasteiger partial charge < -0.3 is 25.7 Å². The number of rotatable bonds is 11. The highest BCUT2D eigenvalue weighted by atomic mass is 32.2. The average molecular weight is 439 g/mol. The zero-order chi connectivity index (χ0) is 22.1. The molecule has 0 aliphatic rings. The minimum Gasteiger partial charge on any atom is -0.395 e. The number of aliphatic hydroxyl groups excluding tert-OH is 2. The number of hydrogen-bond donors (Lipinski definition) is 4. The van der Waals surface area contributed by atoms with Gasteiger partial charge in [0.15, 0.2) is 0 Å². The molecule has 0 amide bonds. The summed E-state index contributed by atoms with van der Waals surface area (Å²) < 4.78 is 29.3. The Kier molecular flexibility index (Phi) is 8.47. The zero-order valence-corrected chi connectivity index (χ0v) is 17.8. The van der Waals surface area contributed by atoms with Crippen LogP contribution in [0.2, 0.25) is 0 Å². The van der Waals surface area contributed by atoms with Gasteiger partial charge in [-0.25, -0.2) is 0 Å². The lowest BCUT2D eigenvalue weighted by molar-refractivity contribution is 0.280. The summed E-state index contributed by atoms with van der Waals surface area (Å²) >= 11 is 0. The predicted octanol–water partition coefficient (Wildman–Crippen LogP) is 0.816. The Balaban J connectivity index is 2.46. The first-order valence-corrected chi connectivity index (χ1v) is 10.5. The lowest BCUT2D eigenvalue weighted by atomic mass is 10.2. The van der Waals surface area contributed by atoms with E-state index in [1.807, 2.05) is 0 Å². The molecular formula is C18H26N6O5S. The summed E-state index contributed by atoms with van der Waals surface area (Å²) in [6.45, 7) is 1.94. The van der Waals surface area contributed by atoms with Gasteiger partial charge in [-0.1, -0.05) is 18.2 Å². The average Bonchev–Trinajstić information content (AvgIpc) is 2.74. The van der Waals surface area contributed by atoms with Crippen LogP contribution in [0.15, 0.2) is 29.2 Å². The molecule has 164 valence electrons.